The van der Waals surface area contributed by atoms with Gasteiger partial charge >= 0.3 is 6.18 Å². The topological polar surface area (TPSA) is 62.9 Å². The molecule has 4 aromatic rings. The maximum atomic E-state index is 12.9. The van der Waals surface area contributed by atoms with Gasteiger partial charge in [0, 0.05) is 35.6 Å². The summed E-state index contributed by atoms with van der Waals surface area (Å²) < 4.78 is 38.6. The summed E-state index contributed by atoms with van der Waals surface area (Å²) in [4.78, 5) is 2.02. The predicted octanol–water partition coefficient (Wildman–Crippen LogP) is 8.37. The lowest BCUT2D eigenvalue weighted by Crippen LogP contribution is -2.24. The molecule has 0 spiro atoms. The van der Waals surface area contributed by atoms with E-state index in [2.05, 4.69) is 17.5 Å². The van der Waals surface area contributed by atoms with Crippen LogP contribution in [0.5, 0.6) is 0 Å². The third kappa shape index (κ3) is 5.33. The van der Waals surface area contributed by atoms with Crippen LogP contribution in [0.15, 0.2) is 84.9 Å². The van der Waals surface area contributed by atoms with E-state index in [-0.39, 0.29) is 0 Å². The minimum Gasteiger partial charge on any atom is -0.370 e. The Bertz CT molecular complexity index is 1490. The summed E-state index contributed by atoms with van der Waals surface area (Å²) in [5, 5.41) is 23.5. The second kappa shape index (κ2) is 11.1. The molecule has 0 aliphatic rings. The molecule has 0 amide bonds. The molecule has 0 saturated carbocycles. The first-order chi connectivity index (χ1) is 18.3. The van der Waals surface area contributed by atoms with E-state index in [0.29, 0.717) is 46.8 Å². The fourth-order valence-electron chi connectivity index (χ4n) is 4.47. The van der Waals surface area contributed by atoms with Crippen molar-refractivity contribution in [1.29, 1.82) is 10.5 Å². The van der Waals surface area contributed by atoms with Crippen LogP contribution < -0.4 is 10.2 Å². The van der Waals surface area contributed by atoms with E-state index in [1.54, 1.807) is 0 Å². The number of nitrogens with one attached hydrogen (secondary N) is 1. The monoisotopic (exact) mass is 510 g/mol. The van der Waals surface area contributed by atoms with E-state index in [9.17, 15) is 23.7 Å². The molecule has 0 unspecified atom stereocenters. The van der Waals surface area contributed by atoms with Gasteiger partial charge in [0.25, 0.3) is 0 Å². The molecule has 0 saturated heterocycles. The summed E-state index contributed by atoms with van der Waals surface area (Å²) in [6, 6.07) is 28.3. The van der Waals surface area contributed by atoms with Crippen LogP contribution in [0.4, 0.5) is 30.2 Å². The second-order valence-corrected chi connectivity index (χ2v) is 8.61. The summed E-state index contributed by atoms with van der Waals surface area (Å²) in [7, 11) is 0. The van der Waals surface area contributed by atoms with Gasteiger partial charge < -0.3 is 10.2 Å². The lowest BCUT2D eigenvalue weighted by Gasteiger charge is -2.26. The lowest BCUT2D eigenvalue weighted by molar-refractivity contribution is -0.137. The van der Waals surface area contributed by atoms with Crippen LogP contribution in [0.2, 0.25) is 0 Å². The zero-order valence-corrected chi connectivity index (χ0v) is 21.0. The molecule has 0 aliphatic carbocycles. The van der Waals surface area contributed by atoms with Crippen LogP contribution in [-0.4, -0.2) is 13.1 Å². The molecule has 4 rings (SSSR count). The van der Waals surface area contributed by atoms with E-state index in [4.69, 9.17) is 0 Å². The highest BCUT2D eigenvalue weighted by molar-refractivity contribution is 5.90. The van der Waals surface area contributed by atoms with Gasteiger partial charge in [0.05, 0.1) is 22.4 Å². The zero-order chi connectivity index (χ0) is 27.3. The Hall–Kier alpha value is -4.75. The first-order valence-corrected chi connectivity index (χ1v) is 12.2. The fourth-order valence-corrected chi connectivity index (χ4v) is 4.47. The van der Waals surface area contributed by atoms with E-state index in [1.807, 2.05) is 79.4 Å². The Morgan fingerprint density at radius 2 is 1.18 bits per heavy atom. The zero-order valence-electron chi connectivity index (χ0n) is 21.0. The van der Waals surface area contributed by atoms with Gasteiger partial charge in [-0.15, -0.1) is 0 Å². The average molecular weight is 511 g/mol. The van der Waals surface area contributed by atoms with Crippen molar-refractivity contribution in [1.82, 2.24) is 0 Å². The molecule has 0 bridgehead atoms. The number of nitrogens with zero attached hydrogens (tertiary/aromatic N) is 3. The van der Waals surface area contributed by atoms with Crippen molar-refractivity contribution in [3.8, 4) is 34.4 Å². The number of benzene rings is 4. The minimum atomic E-state index is -4.39. The Morgan fingerprint density at radius 3 is 1.63 bits per heavy atom. The normalized spacial score (nSPS) is 10.9. The molecule has 0 aromatic heterocycles. The van der Waals surface area contributed by atoms with Gasteiger partial charge in [-0.2, -0.15) is 23.7 Å². The van der Waals surface area contributed by atoms with Crippen molar-refractivity contribution in [2.24, 2.45) is 0 Å². The standard InChI is InChI=1S/C31H25F3N4/c1-3-38(4-2)30-28(19-35)26(21-8-6-5-7-9-21)18-27(29(30)20-36)22-10-14-24(15-11-22)37-25-16-12-23(13-17-25)31(32,33)34/h5-18,37H,3-4H2,1-2H3. The Balaban J connectivity index is 1.79. The molecular weight excluding hydrogens is 485 g/mol. The third-order valence-corrected chi connectivity index (χ3v) is 6.39. The summed E-state index contributed by atoms with van der Waals surface area (Å²) in [5.41, 5.74) is 5.12. The lowest BCUT2D eigenvalue weighted by atomic mass is 9.88. The van der Waals surface area contributed by atoms with E-state index < -0.39 is 11.7 Å². The predicted molar refractivity (Wildman–Crippen MR) is 145 cm³/mol. The molecule has 4 aromatic carbocycles. The van der Waals surface area contributed by atoms with Crippen LogP contribution in [0, 0.1) is 22.7 Å². The number of hydrogen-bond donors (Lipinski definition) is 1. The second-order valence-electron chi connectivity index (χ2n) is 8.61. The maximum absolute atomic E-state index is 12.9. The van der Waals surface area contributed by atoms with Crippen LogP contribution >= 0.6 is 0 Å². The van der Waals surface area contributed by atoms with Crippen LogP contribution in [0.3, 0.4) is 0 Å². The highest BCUT2D eigenvalue weighted by Gasteiger charge is 2.30. The largest absolute Gasteiger partial charge is 0.416 e. The molecule has 7 heteroatoms. The van der Waals surface area contributed by atoms with E-state index in [1.165, 1.54) is 12.1 Å². The number of halogens is 3. The molecule has 1 N–H and O–H groups in total. The van der Waals surface area contributed by atoms with Crippen molar-refractivity contribution in [3.05, 3.63) is 102 Å². The van der Waals surface area contributed by atoms with Gasteiger partial charge in [0.15, 0.2) is 0 Å². The number of hydrogen-bond acceptors (Lipinski definition) is 4. The Morgan fingerprint density at radius 1 is 0.711 bits per heavy atom. The van der Waals surface area contributed by atoms with Gasteiger partial charge in [-0.05, 0) is 67.4 Å². The van der Waals surface area contributed by atoms with E-state index in [0.717, 1.165) is 28.8 Å². The molecule has 0 fully saturated rings. The highest BCUT2D eigenvalue weighted by atomic mass is 19.4. The molecule has 0 aliphatic heterocycles. The van der Waals surface area contributed by atoms with Crippen LogP contribution in [0.1, 0.15) is 30.5 Å². The van der Waals surface area contributed by atoms with Gasteiger partial charge in [0.2, 0.25) is 0 Å². The Labute approximate surface area is 220 Å². The number of rotatable bonds is 7. The van der Waals surface area contributed by atoms with Crippen molar-refractivity contribution in [3.63, 3.8) is 0 Å². The fraction of sp³-hybridized carbons (Fsp3) is 0.161. The van der Waals surface area contributed by atoms with Gasteiger partial charge in [0.1, 0.15) is 12.1 Å². The first-order valence-electron chi connectivity index (χ1n) is 12.2. The number of alkyl halides is 3. The molecule has 0 atom stereocenters. The Kier molecular flexibility index (Phi) is 7.69. The summed E-state index contributed by atoms with van der Waals surface area (Å²) in [5.74, 6) is 0. The van der Waals surface area contributed by atoms with Crippen LogP contribution in [0.25, 0.3) is 22.3 Å². The van der Waals surface area contributed by atoms with Crippen molar-refractivity contribution in [2.45, 2.75) is 20.0 Å². The van der Waals surface area contributed by atoms with Gasteiger partial charge in [-0.3, -0.25) is 0 Å². The summed E-state index contributed by atoms with van der Waals surface area (Å²) in [6.45, 7) is 5.24. The maximum Gasteiger partial charge on any atom is 0.416 e. The number of nitriles is 2. The molecule has 190 valence electrons. The van der Waals surface area contributed by atoms with Crippen molar-refractivity contribution >= 4 is 17.1 Å². The molecule has 0 radical (unpaired) electrons. The smallest absolute Gasteiger partial charge is 0.370 e. The van der Waals surface area contributed by atoms with Crippen molar-refractivity contribution < 1.29 is 13.2 Å². The number of anilines is 3. The van der Waals surface area contributed by atoms with Gasteiger partial charge in [-0.1, -0.05) is 42.5 Å². The molecular formula is C31H25F3N4. The first kappa shape index (κ1) is 26.3. The SMILES string of the molecule is CCN(CC)c1c(C#N)c(-c2ccccc2)cc(-c2ccc(Nc3ccc(C(F)(F)F)cc3)cc2)c1C#N. The minimum absolute atomic E-state index is 0.424. The summed E-state index contributed by atoms with van der Waals surface area (Å²) >= 11 is 0. The van der Waals surface area contributed by atoms with Gasteiger partial charge in [-0.25, -0.2) is 0 Å². The molecule has 38 heavy (non-hydrogen) atoms. The average Bonchev–Trinajstić information content (AvgIpc) is 2.93. The third-order valence-electron chi connectivity index (χ3n) is 6.39. The van der Waals surface area contributed by atoms with Crippen molar-refractivity contribution in [2.75, 3.05) is 23.3 Å². The summed E-state index contributed by atoms with van der Waals surface area (Å²) in [6.07, 6.45) is -4.39. The van der Waals surface area contributed by atoms with E-state index >= 15 is 0 Å². The highest BCUT2D eigenvalue weighted by Crippen LogP contribution is 2.41. The molecule has 0 heterocycles. The van der Waals surface area contributed by atoms with Crippen LogP contribution in [-0.2, 0) is 6.18 Å². The quantitative estimate of drug-likeness (QED) is 0.271. The molecule has 4 nitrogen and oxygen atoms in total.